The van der Waals surface area contributed by atoms with Gasteiger partial charge in [-0.1, -0.05) is 0 Å². The fraction of sp³-hybridized carbons (Fsp3) is 0.733. The van der Waals surface area contributed by atoms with Crippen LogP contribution in [0.1, 0.15) is 38.8 Å². The van der Waals surface area contributed by atoms with Crippen LogP contribution in [-0.2, 0) is 11.3 Å². The molecule has 116 valence electrons. The zero-order chi connectivity index (χ0) is 14.8. The van der Waals surface area contributed by atoms with Gasteiger partial charge in [0, 0.05) is 50.6 Å². The van der Waals surface area contributed by atoms with Crippen molar-refractivity contribution in [2.24, 2.45) is 0 Å². The van der Waals surface area contributed by atoms with Gasteiger partial charge in [-0.3, -0.25) is 14.6 Å². The van der Waals surface area contributed by atoms with Crippen LogP contribution in [0.15, 0.2) is 5.38 Å². The van der Waals surface area contributed by atoms with Crippen molar-refractivity contribution in [3.63, 3.8) is 0 Å². The number of hydrogen-bond acceptors (Lipinski definition) is 5. The summed E-state index contributed by atoms with van der Waals surface area (Å²) in [5.74, 6) is 0.0645. The quantitative estimate of drug-likeness (QED) is 0.922. The summed E-state index contributed by atoms with van der Waals surface area (Å²) in [6, 6.07) is 1.37. The van der Waals surface area contributed by atoms with E-state index in [1.54, 1.807) is 23.2 Å². The van der Waals surface area contributed by atoms with Gasteiger partial charge in [-0.15, -0.1) is 11.3 Å². The second kappa shape index (κ2) is 6.42. The molecule has 1 N–H and O–H groups in total. The molecule has 2 atom stereocenters. The van der Waals surface area contributed by atoms with Gasteiger partial charge in [-0.2, -0.15) is 0 Å². The smallest absolute Gasteiger partial charge is 0.225 e. The maximum Gasteiger partial charge on any atom is 0.225 e. The summed E-state index contributed by atoms with van der Waals surface area (Å²) in [6.07, 6.45) is 3.88. The molecule has 1 aromatic rings. The molecule has 0 radical (unpaired) electrons. The van der Waals surface area contributed by atoms with Gasteiger partial charge in [0.15, 0.2) is 5.13 Å². The SMILES string of the molecule is CCN(C(C)=O)c1nc(CN2CCC3CCC(C2)N3)cs1. The number of amides is 1. The highest BCUT2D eigenvalue weighted by Crippen LogP contribution is 2.24. The van der Waals surface area contributed by atoms with Crippen LogP contribution in [0.3, 0.4) is 0 Å². The molecule has 2 aliphatic rings. The van der Waals surface area contributed by atoms with Crippen LogP contribution in [0.4, 0.5) is 5.13 Å². The average Bonchev–Trinajstić information content (AvgIpc) is 3.00. The van der Waals surface area contributed by atoms with E-state index in [4.69, 9.17) is 0 Å². The second-order valence-electron chi connectivity index (χ2n) is 6.05. The van der Waals surface area contributed by atoms with E-state index in [1.807, 2.05) is 6.92 Å². The predicted molar refractivity (Wildman–Crippen MR) is 85.7 cm³/mol. The van der Waals surface area contributed by atoms with Crippen molar-refractivity contribution in [3.8, 4) is 0 Å². The minimum Gasteiger partial charge on any atom is -0.310 e. The van der Waals surface area contributed by atoms with Gasteiger partial charge in [0.1, 0.15) is 0 Å². The molecule has 2 aliphatic heterocycles. The Bertz CT molecular complexity index is 504. The summed E-state index contributed by atoms with van der Waals surface area (Å²) in [6.45, 7) is 7.43. The summed E-state index contributed by atoms with van der Waals surface area (Å²) in [5.41, 5.74) is 1.09. The number of carbonyl (C=O) groups excluding carboxylic acids is 1. The molecule has 1 amide bonds. The number of hydrogen-bond donors (Lipinski definition) is 1. The predicted octanol–water partition coefficient (Wildman–Crippen LogP) is 1.84. The number of anilines is 1. The Balaban J connectivity index is 1.63. The topological polar surface area (TPSA) is 48.5 Å². The molecule has 2 saturated heterocycles. The van der Waals surface area contributed by atoms with E-state index in [-0.39, 0.29) is 5.91 Å². The summed E-state index contributed by atoms with van der Waals surface area (Å²) >= 11 is 1.57. The van der Waals surface area contributed by atoms with E-state index in [9.17, 15) is 4.79 Å². The molecule has 3 heterocycles. The lowest BCUT2D eigenvalue weighted by atomic mass is 10.1. The average molecular weight is 308 g/mol. The van der Waals surface area contributed by atoms with E-state index < -0.39 is 0 Å². The van der Waals surface area contributed by atoms with Crippen molar-refractivity contribution < 1.29 is 4.79 Å². The van der Waals surface area contributed by atoms with E-state index >= 15 is 0 Å². The van der Waals surface area contributed by atoms with Crippen molar-refractivity contribution >= 4 is 22.4 Å². The number of likely N-dealkylation sites (tertiary alicyclic amines) is 1. The van der Waals surface area contributed by atoms with Crippen LogP contribution in [0, 0.1) is 0 Å². The highest BCUT2D eigenvalue weighted by Gasteiger charge is 2.29. The van der Waals surface area contributed by atoms with Crippen LogP contribution in [0.5, 0.6) is 0 Å². The minimum absolute atomic E-state index is 0.0645. The molecule has 0 spiro atoms. The first-order valence-electron chi connectivity index (χ1n) is 7.86. The molecule has 0 saturated carbocycles. The molecular formula is C15H24N4OS. The zero-order valence-corrected chi connectivity index (χ0v) is 13.7. The monoisotopic (exact) mass is 308 g/mol. The first-order chi connectivity index (χ1) is 10.2. The van der Waals surface area contributed by atoms with E-state index in [0.29, 0.717) is 12.6 Å². The molecule has 5 nitrogen and oxygen atoms in total. The largest absolute Gasteiger partial charge is 0.310 e. The Labute approximate surface area is 130 Å². The number of fused-ring (bicyclic) bond motifs is 2. The van der Waals surface area contributed by atoms with Crippen molar-refractivity contribution in [3.05, 3.63) is 11.1 Å². The first-order valence-corrected chi connectivity index (χ1v) is 8.74. The lowest BCUT2D eigenvalue weighted by Crippen LogP contribution is -2.35. The number of aromatic nitrogens is 1. The fourth-order valence-corrected chi connectivity index (χ4v) is 4.30. The Morgan fingerprint density at radius 2 is 2.29 bits per heavy atom. The lowest BCUT2D eigenvalue weighted by Gasteiger charge is -2.23. The highest BCUT2D eigenvalue weighted by atomic mass is 32.1. The number of rotatable bonds is 4. The van der Waals surface area contributed by atoms with Crippen LogP contribution >= 0.6 is 11.3 Å². The van der Waals surface area contributed by atoms with Crippen molar-refractivity contribution in [1.82, 2.24) is 15.2 Å². The third-order valence-electron chi connectivity index (χ3n) is 4.46. The molecule has 2 bridgehead atoms. The Morgan fingerprint density at radius 1 is 1.48 bits per heavy atom. The second-order valence-corrected chi connectivity index (χ2v) is 6.88. The molecule has 1 aromatic heterocycles. The van der Waals surface area contributed by atoms with Gasteiger partial charge in [0.05, 0.1) is 5.69 Å². The normalized spacial score (nSPS) is 25.8. The molecule has 2 unspecified atom stereocenters. The summed E-state index contributed by atoms with van der Waals surface area (Å²) in [5, 5.41) is 6.63. The summed E-state index contributed by atoms with van der Waals surface area (Å²) < 4.78 is 0. The number of nitrogens with zero attached hydrogens (tertiary/aromatic N) is 3. The molecule has 2 fully saturated rings. The number of thiazole rings is 1. The van der Waals surface area contributed by atoms with Crippen LogP contribution in [0.25, 0.3) is 0 Å². The Morgan fingerprint density at radius 3 is 3.05 bits per heavy atom. The summed E-state index contributed by atoms with van der Waals surface area (Å²) in [4.78, 5) is 20.5. The molecule has 0 aromatic carbocycles. The maximum absolute atomic E-state index is 11.6. The van der Waals surface area contributed by atoms with Gasteiger partial charge in [-0.25, -0.2) is 4.98 Å². The van der Waals surface area contributed by atoms with Gasteiger partial charge in [0.2, 0.25) is 5.91 Å². The lowest BCUT2D eigenvalue weighted by molar-refractivity contribution is -0.116. The molecule has 3 rings (SSSR count). The van der Waals surface area contributed by atoms with Gasteiger partial charge in [0.25, 0.3) is 0 Å². The molecule has 6 heteroatoms. The molecular weight excluding hydrogens is 284 g/mol. The summed E-state index contributed by atoms with van der Waals surface area (Å²) in [7, 11) is 0. The highest BCUT2D eigenvalue weighted by molar-refractivity contribution is 7.14. The van der Waals surface area contributed by atoms with Crippen molar-refractivity contribution in [2.75, 3.05) is 24.5 Å². The Hall–Kier alpha value is -0.980. The van der Waals surface area contributed by atoms with Crippen LogP contribution < -0.4 is 10.2 Å². The number of carbonyl (C=O) groups is 1. The van der Waals surface area contributed by atoms with Gasteiger partial charge in [-0.05, 0) is 26.2 Å². The number of nitrogens with one attached hydrogen (secondary N) is 1. The van der Waals surface area contributed by atoms with E-state index in [1.165, 1.54) is 19.3 Å². The molecule has 0 aliphatic carbocycles. The van der Waals surface area contributed by atoms with E-state index in [0.717, 1.165) is 36.5 Å². The minimum atomic E-state index is 0.0645. The Kier molecular flexibility index (Phi) is 4.57. The van der Waals surface area contributed by atoms with Gasteiger partial charge >= 0.3 is 0 Å². The standard InChI is InChI=1S/C15H24N4OS/c1-3-19(11(2)20)15-17-14(10-21-15)9-18-7-6-12-4-5-13(8-18)16-12/h10,12-13,16H,3-9H2,1-2H3. The fourth-order valence-electron chi connectivity index (χ4n) is 3.37. The van der Waals surface area contributed by atoms with Crippen molar-refractivity contribution in [2.45, 2.75) is 51.7 Å². The van der Waals surface area contributed by atoms with Crippen molar-refractivity contribution in [1.29, 1.82) is 0 Å². The van der Waals surface area contributed by atoms with Crippen LogP contribution in [0.2, 0.25) is 0 Å². The van der Waals surface area contributed by atoms with Crippen LogP contribution in [-0.4, -0.2) is 47.5 Å². The zero-order valence-electron chi connectivity index (χ0n) is 12.8. The third kappa shape index (κ3) is 3.44. The first kappa shape index (κ1) is 14.9. The van der Waals surface area contributed by atoms with E-state index in [2.05, 4.69) is 20.6 Å². The molecule has 21 heavy (non-hydrogen) atoms. The van der Waals surface area contributed by atoms with Gasteiger partial charge < -0.3 is 5.32 Å². The third-order valence-corrected chi connectivity index (χ3v) is 5.37. The maximum atomic E-state index is 11.6.